The van der Waals surface area contributed by atoms with Crippen molar-refractivity contribution in [3.63, 3.8) is 0 Å². The van der Waals surface area contributed by atoms with Gasteiger partial charge in [0.25, 0.3) is 0 Å². The average molecular weight is 449 g/mol. The first-order valence-corrected chi connectivity index (χ1v) is 11.0. The minimum Gasteiger partial charge on any atom is -0.497 e. The second kappa shape index (κ2) is 11.8. The van der Waals surface area contributed by atoms with Crippen LogP contribution in [0.2, 0.25) is 0 Å². The lowest BCUT2D eigenvalue weighted by Crippen LogP contribution is -2.50. The summed E-state index contributed by atoms with van der Waals surface area (Å²) in [4.78, 5) is 28.2. The standard InChI is InChI=1S/C27H29FN2O3/c1-3-29-27(32)25(17-20-8-5-4-6-9-20)30(19-22-10-7-11-24(16-22)33-2)26(31)18-21-12-14-23(28)15-13-21/h4-16,25H,3,17-19H2,1-2H3,(H,29,32). The Morgan fingerprint density at radius 3 is 2.30 bits per heavy atom. The Balaban J connectivity index is 1.95. The molecule has 0 aliphatic heterocycles. The first-order valence-electron chi connectivity index (χ1n) is 11.0. The topological polar surface area (TPSA) is 58.6 Å². The van der Waals surface area contributed by atoms with Gasteiger partial charge < -0.3 is 15.0 Å². The Morgan fingerprint density at radius 1 is 0.939 bits per heavy atom. The molecule has 0 saturated carbocycles. The quantitative estimate of drug-likeness (QED) is 0.507. The molecule has 0 spiro atoms. The molecule has 0 fully saturated rings. The van der Waals surface area contributed by atoms with Gasteiger partial charge in [0.1, 0.15) is 17.6 Å². The Kier molecular flexibility index (Phi) is 8.58. The van der Waals surface area contributed by atoms with Crippen LogP contribution in [0.3, 0.4) is 0 Å². The summed E-state index contributed by atoms with van der Waals surface area (Å²) in [5.41, 5.74) is 2.49. The molecule has 0 aliphatic carbocycles. The van der Waals surface area contributed by atoms with Crippen LogP contribution in [0.4, 0.5) is 4.39 Å². The molecule has 1 atom stereocenters. The number of hydrogen-bond acceptors (Lipinski definition) is 3. The van der Waals surface area contributed by atoms with E-state index in [-0.39, 0.29) is 30.6 Å². The number of nitrogens with one attached hydrogen (secondary N) is 1. The second-order valence-corrected chi connectivity index (χ2v) is 7.78. The summed E-state index contributed by atoms with van der Waals surface area (Å²) in [6.45, 7) is 2.55. The first-order chi connectivity index (χ1) is 16.0. The highest BCUT2D eigenvalue weighted by Crippen LogP contribution is 2.19. The molecule has 3 aromatic carbocycles. The molecule has 6 heteroatoms. The van der Waals surface area contributed by atoms with Gasteiger partial charge in [0.2, 0.25) is 11.8 Å². The summed E-state index contributed by atoms with van der Waals surface area (Å²) < 4.78 is 18.7. The number of halogens is 1. The maximum Gasteiger partial charge on any atom is 0.243 e. The van der Waals surface area contributed by atoms with E-state index in [0.717, 1.165) is 11.1 Å². The number of likely N-dealkylation sites (N-methyl/N-ethyl adjacent to an activating group) is 1. The van der Waals surface area contributed by atoms with Gasteiger partial charge in [-0.25, -0.2) is 4.39 Å². The lowest BCUT2D eigenvalue weighted by atomic mass is 10.0. The summed E-state index contributed by atoms with van der Waals surface area (Å²) in [5, 5.41) is 2.87. The highest BCUT2D eigenvalue weighted by atomic mass is 19.1. The molecule has 3 aromatic rings. The van der Waals surface area contributed by atoms with Crippen LogP contribution in [0.5, 0.6) is 5.75 Å². The van der Waals surface area contributed by atoms with Crippen molar-refractivity contribution in [3.8, 4) is 5.75 Å². The van der Waals surface area contributed by atoms with Crippen molar-refractivity contribution < 1.29 is 18.7 Å². The molecule has 0 bridgehead atoms. The number of carbonyl (C=O) groups excluding carboxylic acids is 2. The van der Waals surface area contributed by atoms with E-state index in [1.807, 2.05) is 61.5 Å². The van der Waals surface area contributed by atoms with Crippen LogP contribution >= 0.6 is 0 Å². The molecule has 172 valence electrons. The predicted molar refractivity (Wildman–Crippen MR) is 126 cm³/mol. The summed E-state index contributed by atoms with van der Waals surface area (Å²) in [5.74, 6) is -0.104. The molecular weight excluding hydrogens is 419 g/mol. The number of hydrogen-bond donors (Lipinski definition) is 1. The van der Waals surface area contributed by atoms with Gasteiger partial charge in [-0.2, -0.15) is 0 Å². The number of amides is 2. The second-order valence-electron chi connectivity index (χ2n) is 7.78. The van der Waals surface area contributed by atoms with E-state index in [1.54, 1.807) is 24.1 Å². The third-order valence-corrected chi connectivity index (χ3v) is 5.38. The molecule has 1 unspecified atom stereocenters. The Labute approximate surface area is 194 Å². The van der Waals surface area contributed by atoms with Crippen molar-refractivity contribution in [2.45, 2.75) is 32.4 Å². The number of benzene rings is 3. The van der Waals surface area contributed by atoms with Crippen LogP contribution in [-0.4, -0.2) is 36.4 Å². The zero-order valence-electron chi connectivity index (χ0n) is 19.0. The van der Waals surface area contributed by atoms with E-state index in [1.165, 1.54) is 12.1 Å². The minimum atomic E-state index is -0.702. The van der Waals surface area contributed by atoms with Crippen LogP contribution in [0.25, 0.3) is 0 Å². The fourth-order valence-corrected chi connectivity index (χ4v) is 3.69. The molecule has 0 aromatic heterocycles. The van der Waals surface area contributed by atoms with Gasteiger partial charge in [0, 0.05) is 19.5 Å². The number of nitrogens with zero attached hydrogens (tertiary/aromatic N) is 1. The van der Waals surface area contributed by atoms with E-state index < -0.39 is 6.04 Å². The first kappa shape index (κ1) is 24.0. The third-order valence-electron chi connectivity index (χ3n) is 5.38. The van der Waals surface area contributed by atoms with Gasteiger partial charge in [0.05, 0.1) is 13.5 Å². The van der Waals surface area contributed by atoms with Gasteiger partial charge in [-0.1, -0.05) is 54.6 Å². The molecule has 0 radical (unpaired) electrons. The van der Waals surface area contributed by atoms with E-state index in [2.05, 4.69) is 5.32 Å². The van der Waals surface area contributed by atoms with Crippen molar-refractivity contribution >= 4 is 11.8 Å². The summed E-state index contributed by atoms with van der Waals surface area (Å²) in [7, 11) is 1.59. The summed E-state index contributed by atoms with van der Waals surface area (Å²) in [6, 6.07) is 22.2. The van der Waals surface area contributed by atoms with E-state index in [9.17, 15) is 14.0 Å². The van der Waals surface area contributed by atoms with Gasteiger partial charge in [-0.15, -0.1) is 0 Å². The fourth-order valence-electron chi connectivity index (χ4n) is 3.69. The Morgan fingerprint density at radius 2 is 1.64 bits per heavy atom. The van der Waals surface area contributed by atoms with E-state index in [4.69, 9.17) is 4.74 Å². The monoisotopic (exact) mass is 448 g/mol. The zero-order valence-corrected chi connectivity index (χ0v) is 19.0. The number of ether oxygens (including phenoxy) is 1. The molecule has 2 amide bonds. The SMILES string of the molecule is CCNC(=O)C(Cc1ccccc1)N(Cc1cccc(OC)c1)C(=O)Cc1ccc(F)cc1. The zero-order chi connectivity index (χ0) is 23.6. The fraction of sp³-hybridized carbons (Fsp3) is 0.259. The Hall–Kier alpha value is -3.67. The van der Waals surface area contributed by atoms with Crippen LogP contribution in [0, 0.1) is 5.82 Å². The number of methoxy groups -OCH3 is 1. The van der Waals surface area contributed by atoms with Crippen LogP contribution in [0.1, 0.15) is 23.6 Å². The van der Waals surface area contributed by atoms with E-state index in [0.29, 0.717) is 24.3 Å². The number of rotatable bonds is 10. The van der Waals surface area contributed by atoms with Crippen LogP contribution < -0.4 is 10.1 Å². The molecule has 5 nitrogen and oxygen atoms in total. The smallest absolute Gasteiger partial charge is 0.243 e. The molecule has 3 rings (SSSR count). The van der Waals surface area contributed by atoms with Crippen molar-refractivity contribution in [1.82, 2.24) is 10.2 Å². The molecule has 0 saturated heterocycles. The molecule has 33 heavy (non-hydrogen) atoms. The minimum absolute atomic E-state index is 0.0644. The van der Waals surface area contributed by atoms with Gasteiger partial charge >= 0.3 is 0 Å². The van der Waals surface area contributed by atoms with E-state index >= 15 is 0 Å². The predicted octanol–water partition coefficient (Wildman–Crippen LogP) is 4.15. The highest BCUT2D eigenvalue weighted by molar-refractivity contribution is 5.88. The van der Waals surface area contributed by atoms with Gasteiger partial charge in [-0.3, -0.25) is 9.59 Å². The molecule has 0 aliphatic rings. The third kappa shape index (κ3) is 6.91. The maximum atomic E-state index is 13.5. The average Bonchev–Trinajstić information content (AvgIpc) is 2.83. The van der Waals surface area contributed by atoms with Crippen LogP contribution in [0.15, 0.2) is 78.9 Å². The lowest BCUT2D eigenvalue weighted by molar-refractivity contribution is -0.140. The maximum absolute atomic E-state index is 13.5. The molecule has 1 N–H and O–H groups in total. The van der Waals surface area contributed by atoms with Gasteiger partial charge in [-0.05, 0) is 47.9 Å². The normalized spacial score (nSPS) is 11.5. The lowest BCUT2D eigenvalue weighted by Gasteiger charge is -2.31. The van der Waals surface area contributed by atoms with Gasteiger partial charge in [0.15, 0.2) is 0 Å². The van der Waals surface area contributed by atoms with Crippen molar-refractivity contribution in [2.24, 2.45) is 0 Å². The van der Waals surface area contributed by atoms with Crippen molar-refractivity contribution in [2.75, 3.05) is 13.7 Å². The summed E-state index contributed by atoms with van der Waals surface area (Å²) in [6.07, 6.45) is 0.445. The highest BCUT2D eigenvalue weighted by Gasteiger charge is 2.30. The van der Waals surface area contributed by atoms with Crippen LogP contribution in [-0.2, 0) is 29.0 Å². The van der Waals surface area contributed by atoms with Crippen molar-refractivity contribution in [3.05, 3.63) is 101 Å². The van der Waals surface area contributed by atoms with Crippen molar-refractivity contribution in [1.29, 1.82) is 0 Å². The molecular formula is C27H29FN2O3. The summed E-state index contributed by atoms with van der Waals surface area (Å²) >= 11 is 0. The molecule has 0 heterocycles. The largest absolute Gasteiger partial charge is 0.497 e. The number of carbonyl (C=O) groups is 2. The Bertz CT molecular complexity index is 1050.